The van der Waals surface area contributed by atoms with E-state index in [0.29, 0.717) is 17.9 Å². The van der Waals surface area contributed by atoms with Crippen molar-refractivity contribution >= 4 is 11.6 Å². The van der Waals surface area contributed by atoms with E-state index >= 15 is 0 Å². The van der Waals surface area contributed by atoms with Crippen molar-refractivity contribution in [3.63, 3.8) is 0 Å². The normalized spacial score (nSPS) is 12.2. The molecule has 0 radical (unpaired) electrons. The Morgan fingerprint density at radius 2 is 2.24 bits per heavy atom. The van der Waals surface area contributed by atoms with Crippen LogP contribution in [0.3, 0.4) is 0 Å². The van der Waals surface area contributed by atoms with Crippen LogP contribution in [0.2, 0.25) is 0 Å². The molecule has 1 unspecified atom stereocenters. The third-order valence-corrected chi connectivity index (χ3v) is 2.63. The summed E-state index contributed by atoms with van der Waals surface area (Å²) in [6.45, 7) is 4.48. The van der Waals surface area contributed by atoms with Gasteiger partial charge in [0.2, 0.25) is 0 Å². The van der Waals surface area contributed by atoms with E-state index in [1.807, 2.05) is 13.8 Å². The highest BCUT2D eigenvalue weighted by Gasteiger charge is 2.11. The lowest BCUT2D eigenvalue weighted by Crippen LogP contribution is -2.33. The topological polar surface area (TPSA) is 64.3 Å². The number of ether oxygens (including phenoxy) is 1. The number of anilines is 1. The molecule has 0 saturated carbocycles. The number of hydrogen-bond acceptors (Lipinski definition) is 3. The molecular weight excluding hydrogens is 216 g/mol. The summed E-state index contributed by atoms with van der Waals surface area (Å²) in [5, 5.41) is 2.93. The zero-order chi connectivity index (χ0) is 12.8. The Hall–Kier alpha value is -1.55. The van der Waals surface area contributed by atoms with E-state index in [1.54, 1.807) is 25.3 Å². The molecule has 1 atom stereocenters. The van der Waals surface area contributed by atoms with Crippen LogP contribution in [-0.4, -0.2) is 25.7 Å². The molecule has 0 bridgehead atoms. The lowest BCUT2D eigenvalue weighted by molar-refractivity contribution is 0.0929. The Balaban J connectivity index is 2.63. The number of rotatable bonds is 5. The number of methoxy groups -OCH3 is 1. The third-order valence-electron chi connectivity index (χ3n) is 2.63. The maximum absolute atomic E-state index is 12.0. The van der Waals surface area contributed by atoms with E-state index in [4.69, 9.17) is 10.5 Å². The standard InChI is InChI=1S/C13H20N2O2/c1-9-8-11(14)4-5-12(9)13(16)15-10(2)6-7-17-3/h4-5,8,10H,6-7,14H2,1-3H3,(H,15,16). The second-order valence-electron chi connectivity index (χ2n) is 4.23. The van der Waals surface area contributed by atoms with Crippen LogP contribution in [0.5, 0.6) is 0 Å². The number of nitrogens with two attached hydrogens (primary N) is 1. The quantitative estimate of drug-likeness (QED) is 0.765. The molecular formula is C13H20N2O2. The van der Waals surface area contributed by atoms with Crippen LogP contribution in [0.15, 0.2) is 18.2 Å². The van der Waals surface area contributed by atoms with E-state index < -0.39 is 0 Å². The molecule has 3 N–H and O–H groups in total. The number of hydrogen-bond donors (Lipinski definition) is 2. The Kier molecular flexibility index (Phi) is 4.97. The molecule has 0 aliphatic heterocycles. The molecule has 0 heterocycles. The van der Waals surface area contributed by atoms with Gasteiger partial charge in [0.1, 0.15) is 0 Å². The van der Waals surface area contributed by atoms with Crippen molar-refractivity contribution in [2.45, 2.75) is 26.3 Å². The average molecular weight is 236 g/mol. The Morgan fingerprint density at radius 3 is 2.82 bits per heavy atom. The molecule has 0 spiro atoms. The molecule has 1 aromatic carbocycles. The van der Waals surface area contributed by atoms with E-state index in [0.717, 1.165) is 12.0 Å². The van der Waals surface area contributed by atoms with Crippen LogP contribution in [0.25, 0.3) is 0 Å². The first-order valence-electron chi connectivity index (χ1n) is 5.70. The molecule has 1 aromatic rings. The largest absolute Gasteiger partial charge is 0.399 e. The highest BCUT2D eigenvalue weighted by atomic mass is 16.5. The lowest BCUT2D eigenvalue weighted by Gasteiger charge is -2.14. The number of carbonyl (C=O) groups excluding carboxylic acids is 1. The van der Waals surface area contributed by atoms with Gasteiger partial charge in [-0.25, -0.2) is 0 Å². The Bertz CT molecular complexity index is 391. The minimum Gasteiger partial charge on any atom is -0.399 e. The van der Waals surface area contributed by atoms with E-state index in [9.17, 15) is 4.79 Å². The fourth-order valence-electron chi connectivity index (χ4n) is 1.61. The SMILES string of the molecule is COCCC(C)NC(=O)c1ccc(N)cc1C. The van der Waals surface area contributed by atoms with Crippen molar-refractivity contribution in [3.05, 3.63) is 29.3 Å². The van der Waals surface area contributed by atoms with Crippen LogP contribution in [0.4, 0.5) is 5.69 Å². The van der Waals surface area contributed by atoms with Crippen LogP contribution in [-0.2, 0) is 4.74 Å². The molecule has 4 nitrogen and oxygen atoms in total. The molecule has 0 aromatic heterocycles. The van der Waals surface area contributed by atoms with Gasteiger partial charge in [0.05, 0.1) is 0 Å². The average Bonchev–Trinajstić information content (AvgIpc) is 2.26. The van der Waals surface area contributed by atoms with Gasteiger partial charge in [-0.15, -0.1) is 0 Å². The number of aryl methyl sites for hydroxylation is 1. The summed E-state index contributed by atoms with van der Waals surface area (Å²) in [4.78, 5) is 12.0. The summed E-state index contributed by atoms with van der Waals surface area (Å²) in [6.07, 6.45) is 0.802. The van der Waals surface area contributed by atoms with Gasteiger partial charge in [-0.2, -0.15) is 0 Å². The fraction of sp³-hybridized carbons (Fsp3) is 0.462. The van der Waals surface area contributed by atoms with Gasteiger partial charge in [-0.05, 0) is 44.0 Å². The molecule has 1 amide bonds. The van der Waals surface area contributed by atoms with E-state index in [1.165, 1.54) is 0 Å². The van der Waals surface area contributed by atoms with Crippen molar-refractivity contribution in [3.8, 4) is 0 Å². The number of nitrogens with one attached hydrogen (secondary N) is 1. The first kappa shape index (κ1) is 13.5. The van der Waals surface area contributed by atoms with Gasteiger partial charge in [-0.1, -0.05) is 0 Å². The zero-order valence-electron chi connectivity index (χ0n) is 10.6. The van der Waals surface area contributed by atoms with Gasteiger partial charge >= 0.3 is 0 Å². The number of amides is 1. The maximum atomic E-state index is 12.0. The third kappa shape index (κ3) is 4.07. The van der Waals surface area contributed by atoms with Crippen molar-refractivity contribution in [2.24, 2.45) is 0 Å². The Labute approximate surface area is 102 Å². The monoisotopic (exact) mass is 236 g/mol. The summed E-state index contributed by atoms with van der Waals surface area (Å²) in [5.41, 5.74) is 7.88. The van der Waals surface area contributed by atoms with E-state index in [2.05, 4.69) is 5.32 Å². The summed E-state index contributed by atoms with van der Waals surface area (Å²) >= 11 is 0. The molecule has 0 fully saturated rings. The van der Waals surface area contributed by atoms with Crippen LogP contribution < -0.4 is 11.1 Å². The maximum Gasteiger partial charge on any atom is 0.251 e. The summed E-state index contributed by atoms with van der Waals surface area (Å²) in [6, 6.07) is 5.39. The van der Waals surface area contributed by atoms with Gasteiger partial charge < -0.3 is 15.8 Å². The first-order chi connectivity index (χ1) is 8.04. The van der Waals surface area contributed by atoms with Gasteiger partial charge in [-0.3, -0.25) is 4.79 Å². The minimum atomic E-state index is -0.0638. The predicted molar refractivity (Wildman–Crippen MR) is 69.0 cm³/mol. The van der Waals surface area contributed by atoms with Crippen molar-refractivity contribution in [1.29, 1.82) is 0 Å². The predicted octanol–water partition coefficient (Wildman–Crippen LogP) is 1.73. The number of nitrogen functional groups attached to an aromatic ring is 1. The van der Waals surface area contributed by atoms with Crippen molar-refractivity contribution < 1.29 is 9.53 Å². The molecule has 94 valence electrons. The zero-order valence-corrected chi connectivity index (χ0v) is 10.6. The Morgan fingerprint density at radius 1 is 1.53 bits per heavy atom. The molecule has 0 aliphatic rings. The van der Waals surface area contributed by atoms with Crippen LogP contribution >= 0.6 is 0 Å². The molecule has 17 heavy (non-hydrogen) atoms. The summed E-state index contributed by atoms with van der Waals surface area (Å²) in [5.74, 6) is -0.0638. The summed E-state index contributed by atoms with van der Waals surface area (Å²) in [7, 11) is 1.65. The lowest BCUT2D eigenvalue weighted by atomic mass is 10.1. The van der Waals surface area contributed by atoms with Crippen molar-refractivity contribution in [2.75, 3.05) is 19.5 Å². The van der Waals surface area contributed by atoms with Crippen LogP contribution in [0, 0.1) is 6.92 Å². The van der Waals surface area contributed by atoms with Crippen molar-refractivity contribution in [1.82, 2.24) is 5.32 Å². The fourth-order valence-corrected chi connectivity index (χ4v) is 1.61. The smallest absolute Gasteiger partial charge is 0.251 e. The van der Waals surface area contributed by atoms with Gasteiger partial charge in [0.25, 0.3) is 5.91 Å². The minimum absolute atomic E-state index is 0.0638. The highest BCUT2D eigenvalue weighted by Crippen LogP contribution is 2.12. The number of benzene rings is 1. The molecule has 0 saturated heterocycles. The van der Waals surface area contributed by atoms with Crippen LogP contribution in [0.1, 0.15) is 29.3 Å². The second kappa shape index (κ2) is 6.25. The van der Waals surface area contributed by atoms with Gasteiger partial charge in [0.15, 0.2) is 0 Å². The first-order valence-corrected chi connectivity index (χ1v) is 5.70. The molecule has 1 rings (SSSR count). The van der Waals surface area contributed by atoms with E-state index in [-0.39, 0.29) is 11.9 Å². The molecule has 4 heteroatoms. The summed E-state index contributed by atoms with van der Waals surface area (Å²) < 4.78 is 4.97. The number of carbonyl (C=O) groups is 1. The molecule has 0 aliphatic carbocycles. The highest BCUT2D eigenvalue weighted by molar-refractivity contribution is 5.96. The van der Waals surface area contributed by atoms with Gasteiger partial charge in [0, 0.05) is 31.0 Å². The second-order valence-corrected chi connectivity index (χ2v) is 4.23.